The van der Waals surface area contributed by atoms with Crippen LogP contribution in [0, 0.1) is 5.82 Å². The largest absolute Gasteiger partial charge is 0.334 e. The van der Waals surface area contributed by atoms with Crippen LogP contribution in [0.1, 0.15) is 47.7 Å². The highest BCUT2D eigenvalue weighted by molar-refractivity contribution is 6.06. The van der Waals surface area contributed by atoms with Gasteiger partial charge in [0.15, 0.2) is 0 Å². The molecule has 1 aromatic carbocycles. The first-order valence-electron chi connectivity index (χ1n) is 8.28. The van der Waals surface area contributed by atoms with Gasteiger partial charge in [0.1, 0.15) is 5.82 Å². The van der Waals surface area contributed by atoms with Crippen molar-refractivity contribution in [2.45, 2.75) is 37.6 Å². The van der Waals surface area contributed by atoms with Crippen LogP contribution in [0.15, 0.2) is 24.3 Å². The minimum absolute atomic E-state index is 0.0437. The Balaban J connectivity index is 1.83. The average Bonchev–Trinajstić information content (AvgIpc) is 3.30. The number of fused-ring (bicyclic) bond motifs is 1. The van der Waals surface area contributed by atoms with E-state index in [0.717, 1.165) is 37.9 Å². The summed E-state index contributed by atoms with van der Waals surface area (Å²) in [6.07, 6.45) is 4.14. The summed E-state index contributed by atoms with van der Waals surface area (Å²) < 4.78 is 13.7. The van der Waals surface area contributed by atoms with E-state index >= 15 is 0 Å². The second kappa shape index (κ2) is 5.57. The molecular formula is C18H20FN3O. The van der Waals surface area contributed by atoms with Gasteiger partial charge in [-0.1, -0.05) is 0 Å². The summed E-state index contributed by atoms with van der Waals surface area (Å²) in [6, 6.07) is 6.44. The van der Waals surface area contributed by atoms with E-state index in [1.807, 2.05) is 11.0 Å². The molecular weight excluding hydrogens is 293 g/mol. The SMILES string of the molecule is NCC1CCCN1C(=O)c1cc(C2CC2)nc2ccc(F)cc12. The van der Waals surface area contributed by atoms with E-state index < -0.39 is 0 Å². The fourth-order valence-corrected chi connectivity index (χ4v) is 3.49. The Morgan fingerprint density at radius 3 is 2.87 bits per heavy atom. The minimum atomic E-state index is -0.343. The van der Waals surface area contributed by atoms with Gasteiger partial charge in [-0.3, -0.25) is 9.78 Å². The van der Waals surface area contributed by atoms with Crippen LogP contribution in [-0.4, -0.2) is 34.9 Å². The van der Waals surface area contributed by atoms with Gasteiger partial charge in [-0.25, -0.2) is 4.39 Å². The number of carbonyl (C=O) groups excluding carboxylic acids is 1. The molecule has 2 aromatic rings. The van der Waals surface area contributed by atoms with E-state index in [1.54, 1.807) is 6.07 Å². The lowest BCUT2D eigenvalue weighted by molar-refractivity contribution is 0.0743. The third kappa shape index (κ3) is 2.59. The molecule has 4 nitrogen and oxygen atoms in total. The van der Waals surface area contributed by atoms with Crippen LogP contribution in [0.5, 0.6) is 0 Å². The highest BCUT2D eigenvalue weighted by Crippen LogP contribution is 2.40. The maximum absolute atomic E-state index is 13.7. The second-order valence-corrected chi connectivity index (χ2v) is 6.56. The molecule has 0 spiro atoms. The van der Waals surface area contributed by atoms with E-state index in [2.05, 4.69) is 4.98 Å². The number of nitrogens with two attached hydrogens (primary N) is 1. The van der Waals surface area contributed by atoms with E-state index in [1.165, 1.54) is 12.1 Å². The number of aromatic nitrogens is 1. The smallest absolute Gasteiger partial charge is 0.254 e. The fourth-order valence-electron chi connectivity index (χ4n) is 3.49. The molecule has 1 aliphatic heterocycles. The molecule has 2 aliphatic rings. The number of carbonyl (C=O) groups is 1. The third-order valence-electron chi connectivity index (χ3n) is 4.93. The third-order valence-corrected chi connectivity index (χ3v) is 4.93. The molecule has 1 amide bonds. The zero-order chi connectivity index (χ0) is 16.0. The first-order chi connectivity index (χ1) is 11.2. The number of amides is 1. The van der Waals surface area contributed by atoms with Gasteiger partial charge in [-0.2, -0.15) is 0 Å². The summed E-state index contributed by atoms with van der Waals surface area (Å²) in [6.45, 7) is 1.19. The number of nitrogens with zero attached hydrogens (tertiary/aromatic N) is 2. The van der Waals surface area contributed by atoms with E-state index in [4.69, 9.17) is 5.73 Å². The molecule has 1 saturated carbocycles. The summed E-state index contributed by atoms with van der Waals surface area (Å²) >= 11 is 0. The molecule has 2 N–H and O–H groups in total. The molecule has 1 atom stereocenters. The lowest BCUT2D eigenvalue weighted by Crippen LogP contribution is -2.40. The first-order valence-corrected chi connectivity index (χ1v) is 8.28. The second-order valence-electron chi connectivity index (χ2n) is 6.56. The zero-order valence-electron chi connectivity index (χ0n) is 13.0. The highest BCUT2D eigenvalue weighted by Gasteiger charge is 2.31. The van der Waals surface area contributed by atoms with Crippen LogP contribution in [0.25, 0.3) is 10.9 Å². The number of hydrogen-bond acceptors (Lipinski definition) is 3. The van der Waals surface area contributed by atoms with Crippen molar-refractivity contribution in [3.8, 4) is 0 Å². The Morgan fingerprint density at radius 1 is 1.30 bits per heavy atom. The van der Waals surface area contributed by atoms with Crippen LogP contribution in [-0.2, 0) is 0 Å². The normalized spacial score (nSPS) is 21.1. The Bertz CT molecular complexity index is 772. The summed E-state index contributed by atoms with van der Waals surface area (Å²) in [4.78, 5) is 19.5. The summed E-state index contributed by atoms with van der Waals surface area (Å²) in [5.74, 6) is 0.0575. The average molecular weight is 313 g/mol. The summed E-state index contributed by atoms with van der Waals surface area (Å²) in [5, 5.41) is 0.599. The van der Waals surface area contributed by atoms with Crippen molar-refractivity contribution in [1.29, 1.82) is 0 Å². The van der Waals surface area contributed by atoms with Crippen LogP contribution in [0.2, 0.25) is 0 Å². The molecule has 1 aliphatic carbocycles. The Labute approximate surface area is 134 Å². The maximum atomic E-state index is 13.7. The lowest BCUT2D eigenvalue weighted by atomic mass is 10.0. The van der Waals surface area contributed by atoms with Crippen LogP contribution in [0.4, 0.5) is 4.39 Å². The lowest BCUT2D eigenvalue weighted by Gasteiger charge is -2.24. The van der Waals surface area contributed by atoms with Gasteiger partial charge >= 0.3 is 0 Å². The Hall–Kier alpha value is -2.01. The molecule has 2 fully saturated rings. The summed E-state index contributed by atoms with van der Waals surface area (Å²) in [7, 11) is 0. The quantitative estimate of drug-likeness (QED) is 0.948. The van der Waals surface area contributed by atoms with Crippen molar-refractivity contribution < 1.29 is 9.18 Å². The Morgan fingerprint density at radius 2 is 2.13 bits per heavy atom. The minimum Gasteiger partial charge on any atom is -0.334 e. The van der Waals surface area contributed by atoms with E-state index in [-0.39, 0.29) is 17.8 Å². The topological polar surface area (TPSA) is 59.2 Å². The fraction of sp³-hybridized carbons (Fsp3) is 0.444. The number of likely N-dealkylation sites (tertiary alicyclic amines) is 1. The molecule has 1 aromatic heterocycles. The molecule has 4 rings (SSSR count). The van der Waals surface area contributed by atoms with Gasteiger partial charge in [0.25, 0.3) is 5.91 Å². The Kier molecular flexibility index (Phi) is 3.53. The molecule has 2 heterocycles. The van der Waals surface area contributed by atoms with Crippen molar-refractivity contribution >= 4 is 16.8 Å². The van der Waals surface area contributed by atoms with Gasteiger partial charge in [-0.15, -0.1) is 0 Å². The van der Waals surface area contributed by atoms with Gasteiger partial charge in [0.2, 0.25) is 0 Å². The predicted octanol–water partition coefficient (Wildman–Crippen LogP) is 2.81. The van der Waals surface area contributed by atoms with Crippen molar-refractivity contribution in [3.63, 3.8) is 0 Å². The van der Waals surface area contributed by atoms with Crippen molar-refractivity contribution in [2.75, 3.05) is 13.1 Å². The molecule has 120 valence electrons. The highest BCUT2D eigenvalue weighted by atomic mass is 19.1. The van der Waals surface area contributed by atoms with E-state index in [0.29, 0.717) is 28.9 Å². The molecule has 0 bridgehead atoms. The predicted molar refractivity (Wildman–Crippen MR) is 86.8 cm³/mol. The summed E-state index contributed by atoms with van der Waals surface area (Å²) in [5.41, 5.74) is 8.02. The number of rotatable bonds is 3. The molecule has 23 heavy (non-hydrogen) atoms. The molecule has 1 saturated heterocycles. The van der Waals surface area contributed by atoms with Gasteiger partial charge in [-0.05, 0) is 49.9 Å². The number of pyridine rings is 1. The molecule has 1 unspecified atom stereocenters. The standard InChI is InChI=1S/C18H20FN3O/c19-12-5-6-16-14(8-12)15(9-17(21-16)11-3-4-11)18(23)22-7-1-2-13(22)10-20/h5-6,8-9,11,13H,1-4,7,10,20H2. The molecule has 0 radical (unpaired) electrons. The van der Waals surface area contributed by atoms with Crippen molar-refractivity contribution in [1.82, 2.24) is 9.88 Å². The number of hydrogen-bond donors (Lipinski definition) is 1. The van der Waals surface area contributed by atoms with E-state index in [9.17, 15) is 9.18 Å². The van der Waals surface area contributed by atoms with Crippen LogP contribution >= 0.6 is 0 Å². The number of benzene rings is 1. The van der Waals surface area contributed by atoms with Crippen LogP contribution in [0.3, 0.4) is 0 Å². The van der Waals surface area contributed by atoms with Crippen molar-refractivity contribution in [2.24, 2.45) is 5.73 Å². The van der Waals surface area contributed by atoms with Gasteiger partial charge in [0, 0.05) is 36.1 Å². The van der Waals surface area contributed by atoms with Crippen LogP contribution < -0.4 is 5.73 Å². The first kappa shape index (κ1) is 14.6. The molecule has 5 heteroatoms. The maximum Gasteiger partial charge on any atom is 0.254 e. The van der Waals surface area contributed by atoms with Gasteiger partial charge in [0.05, 0.1) is 11.1 Å². The van der Waals surface area contributed by atoms with Gasteiger partial charge < -0.3 is 10.6 Å². The monoisotopic (exact) mass is 313 g/mol. The number of halogens is 1. The zero-order valence-corrected chi connectivity index (χ0v) is 13.0. The van der Waals surface area contributed by atoms with Crippen molar-refractivity contribution in [3.05, 3.63) is 41.3 Å².